The lowest BCUT2D eigenvalue weighted by atomic mass is 10.1. The van der Waals surface area contributed by atoms with Gasteiger partial charge in [-0.25, -0.2) is 0 Å². The fourth-order valence-electron chi connectivity index (χ4n) is 4.50. The number of carbonyl (C=O) groups excluding carboxylic acids is 1. The lowest BCUT2D eigenvalue weighted by Crippen LogP contribution is -2.37. The average Bonchev–Trinajstić information content (AvgIpc) is 3.39. The Hall–Kier alpha value is -3.09. The molecule has 2 heterocycles. The fraction of sp³-hybridized carbons (Fsp3) is 0.222. The van der Waals surface area contributed by atoms with Crippen LogP contribution in [0.5, 0.6) is 0 Å². The SMILES string of the molecule is Cc1ccc(C)c(-n2c(SCC(=O)N3c4ccccc4CC3C)nnc2-c2ccccc2Cl)c1. The molecule has 1 aromatic heterocycles. The number of nitrogens with zero attached hydrogens (tertiary/aromatic N) is 4. The van der Waals surface area contributed by atoms with Crippen LogP contribution in [-0.2, 0) is 11.2 Å². The van der Waals surface area contributed by atoms with E-state index in [4.69, 9.17) is 11.6 Å². The zero-order chi connectivity index (χ0) is 23.8. The van der Waals surface area contributed by atoms with E-state index in [0.717, 1.165) is 34.5 Å². The van der Waals surface area contributed by atoms with Gasteiger partial charge in [-0.3, -0.25) is 9.36 Å². The lowest BCUT2D eigenvalue weighted by Gasteiger charge is -2.22. The molecule has 0 saturated heterocycles. The van der Waals surface area contributed by atoms with Gasteiger partial charge in [-0.1, -0.05) is 65.8 Å². The number of hydrogen-bond donors (Lipinski definition) is 0. The minimum atomic E-state index is 0.0669. The van der Waals surface area contributed by atoms with E-state index in [2.05, 4.69) is 55.2 Å². The second-order valence-corrected chi connectivity index (χ2v) is 10.00. The number of amides is 1. The third-order valence-electron chi connectivity index (χ3n) is 6.15. The normalized spacial score (nSPS) is 14.9. The Balaban J connectivity index is 1.51. The quantitative estimate of drug-likeness (QED) is 0.310. The van der Waals surface area contributed by atoms with E-state index in [1.54, 1.807) is 0 Å². The van der Waals surface area contributed by atoms with Gasteiger partial charge in [-0.15, -0.1) is 10.2 Å². The van der Waals surface area contributed by atoms with Crippen molar-refractivity contribution in [3.63, 3.8) is 0 Å². The smallest absolute Gasteiger partial charge is 0.237 e. The number of carbonyl (C=O) groups is 1. The van der Waals surface area contributed by atoms with Crippen LogP contribution in [0.1, 0.15) is 23.6 Å². The summed E-state index contributed by atoms with van der Waals surface area (Å²) in [5.74, 6) is 0.996. The molecule has 1 atom stereocenters. The van der Waals surface area contributed by atoms with Gasteiger partial charge < -0.3 is 4.90 Å². The van der Waals surface area contributed by atoms with Crippen molar-refractivity contribution in [2.45, 2.75) is 38.4 Å². The average molecular weight is 489 g/mol. The number of fused-ring (bicyclic) bond motifs is 1. The van der Waals surface area contributed by atoms with E-state index < -0.39 is 0 Å². The van der Waals surface area contributed by atoms with E-state index >= 15 is 0 Å². The van der Waals surface area contributed by atoms with Crippen LogP contribution in [0.15, 0.2) is 71.9 Å². The number of thioether (sulfide) groups is 1. The highest BCUT2D eigenvalue weighted by atomic mass is 35.5. The molecular weight excluding hydrogens is 464 g/mol. The second kappa shape index (κ2) is 9.28. The molecule has 0 fully saturated rings. The van der Waals surface area contributed by atoms with Crippen molar-refractivity contribution in [1.29, 1.82) is 0 Å². The highest BCUT2D eigenvalue weighted by Crippen LogP contribution is 2.35. The number of anilines is 1. The van der Waals surface area contributed by atoms with Gasteiger partial charge in [0.25, 0.3) is 0 Å². The molecule has 0 N–H and O–H groups in total. The Kier molecular flexibility index (Phi) is 6.19. The Bertz CT molecular complexity index is 1380. The Morgan fingerprint density at radius 1 is 1.03 bits per heavy atom. The zero-order valence-corrected chi connectivity index (χ0v) is 20.9. The van der Waals surface area contributed by atoms with Crippen LogP contribution in [0.2, 0.25) is 5.02 Å². The van der Waals surface area contributed by atoms with Gasteiger partial charge in [-0.05, 0) is 68.1 Å². The second-order valence-electron chi connectivity index (χ2n) is 8.65. The summed E-state index contributed by atoms with van der Waals surface area (Å²) in [5, 5.41) is 10.3. The molecule has 0 spiro atoms. The molecule has 0 saturated carbocycles. The third-order valence-corrected chi connectivity index (χ3v) is 7.40. The molecular formula is C27H25ClN4OS. The number of para-hydroxylation sites is 1. The van der Waals surface area contributed by atoms with Crippen LogP contribution in [0.3, 0.4) is 0 Å². The summed E-state index contributed by atoms with van der Waals surface area (Å²) in [5.41, 5.74) is 6.23. The predicted molar refractivity (Wildman–Crippen MR) is 139 cm³/mol. The van der Waals surface area contributed by atoms with Crippen molar-refractivity contribution >= 4 is 35.0 Å². The molecule has 1 unspecified atom stereocenters. The summed E-state index contributed by atoms with van der Waals surface area (Å²) >= 11 is 7.93. The van der Waals surface area contributed by atoms with Gasteiger partial charge in [0.05, 0.1) is 16.5 Å². The van der Waals surface area contributed by atoms with E-state index in [9.17, 15) is 4.79 Å². The summed E-state index contributed by atoms with van der Waals surface area (Å²) in [7, 11) is 0. The van der Waals surface area contributed by atoms with Gasteiger partial charge >= 0.3 is 0 Å². The highest BCUT2D eigenvalue weighted by molar-refractivity contribution is 7.99. The maximum atomic E-state index is 13.3. The standard InChI is InChI=1S/C27H25ClN4OS/c1-17-12-13-18(2)24(14-17)32-26(21-9-5-6-10-22(21)28)29-30-27(32)34-16-25(33)31-19(3)15-20-8-4-7-11-23(20)31/h4-14,19H,15-16H2,1-3H3. The van der Waals surface area contributed by atoms with Crippen molar-refractivity contribution in [2.75, 3.05) is 10.7 Å². The maximum Gasteiger partial charge on any atom is 0.237 e. The zero-order valence-electron chi connectivity index (χ0n) is 19.3. The van der Waals surface area contributed by atoms with Crippen LogP contribution >= 0.6 is 23.4 Å². The van der Waals surface area contributed by atoms with E-state index in [-0.39, 0.29) is 17.7 Å². The van der Waals surface area contributed by atoms with E-state index in [0.29, 0.717) is 16.0 Å². The van der Waals surface area contributed by atoms with Crippen LogP contribution in [0.25, 0.3) is 17.1 Å². The first-order valence-electron chi connectivity index (χ1n) is 11.2. The molecule has 4 aromatic rings. The predicted octanol–water partition coefficient (Wildman–Crippen LogP) is 6.27. The van der Waals surface area contributed by atoms with Gasteiger partial charge in [0, 0.05) is 17.3 Å². The largest absolute Gasteiger partial charge is 0.308 e. The molecule has 1 aliphatic heterocycles. The van der Waals surface area contributed by atoms with Crippen molar-refractivity contribution in [2.24, 2.45) is 0 Å². The summed E-state index contributed by atoms with van der Waals surface area (Å²) in [6.07, 6.45) is 0.877. The summed E-state index contributed by atoms with van der Waals surface area (Å²) < 4.78 is 2.02. The number of aromatic nitrogens is 3. The van der Waals surface area contributed by atoms with Gasteiger partial charge in [0.2, 0.25) is 5.91 Å². The number of hydrogen-bond acceptors (Lipinski definition) is 4. The van der Waals surface area contributed by atoms with Gasteiger partial charge in [0.15, 0.2) is 11.0 Å². The molecule has 34 heavy (non-hydrogen) atoms. The number of rotatable bonds is 5. The van der Waals surface area contributed by atoms with Crippen LogP contribution in [-0.4, -0.2) is 32.5 Å². The summed E-state index contributed by atoms with van der Waals surface area (Å²) in [4.78, 5) is 15.2. The molecule has 1 aliphatic rings. The van der Waals surface area contributed by atoms with Crippen LogP contribution in [0.4, 0.5) is 5.69 Å². The first-order chi connectivity index (χ1) is 16.4. The van der Waals surface area contributed by atoms with E-state index in [1.165, 1.54) is 17.3 Å². The maximum absolute atomic E-state index is 13.3. The number of aryl methyl sites for hydroxylation is 2. The minimum absolute atomic E-state index is 0.0669. The van der Waals surface area contributed by atoms with Crippen LogP contribution < -0.4 is 4.90 Å². The Labute approximate surface area is 208 Å². The molecule has 0 aliphatic carbocycles. The van der Waals surface area contributed by atoms with Crippen molar-refractivity contribution in [3.8, 4) is 17.1 Å². The topological polar surface area (TPSA) is 51.0 Å². The molecule has 0 radical (unpaired) electrons. The molecule has 5 rings (SSSR count). The molecule has 5 nitrogen and oxygen atoms in total. The summed E-state index contributed by atoms with van der Waals surface area (Å²) in [6.45, 7) is 6.22. The lowest BCUT2D eigenvalue weighted by molar-refractivity contribution is -0.116. The highest BCUT2D eigenvalue weighted by Gasteiger charge is 2.31. The molecule has 172 valence electrons. The molecule has 7 heteroatoms. The third kappa shape index (κ3) is 4.12. The van der Waals surface area contributed by atoms with Gasteiger partial charge in [-0.2, -0.15) is 0 Å². The Morgan fingerprint density at radius 3 is 2.62 bits per heavy atom. The molecule has 1 amide bonds. The van der Waals surface area contributed by atoms with E-state index in [1.807, 2.05) is 51.9 Å². The first kappa shape index (κ1) is 22.7. The fourth-order valence-corrected chi connectivity index (χ4v) is 5.52. The number of benzene rings is 3. The van der Waals surface area contributed by atoms with Crippen LogP contribution in [0, 0.1) is 13.8 Å². The summed E-state index contributed by atoms with van der Waals surface area (Å²) in [6, 6.07) is 22.2. The monoisotopic (exact) mass is 488 g/mol. The van der Waals surface area contributed by atoms with Gasteiger partial charge in [0.1, 0.15) is 0 Å². The Morgan fingerprint density at radius 2 is 1.79 bits per heavy atom. The van der Waals surface area contributed by atoms with Crippen molar-refractivity contribution in [1.82, 2.24) is 14.8 Å². The van der Waals surface area contributed by atoms with Crippen molar-refractivity contribution in [3.05, 3.63) is 88.4 Å². The number of halogens is 1. The first-order valence-corrected chi connectivity index (χ1v) is 12.6. The molecule has 0 bridgehead atoms. The minimum Gasteiger partial charge on any atom is -0.308 e. The van der Waals surface area contributed by atoms with Crippen molar-refractivity contribution < 1.29 is 4.79 Å². The molecule has 3 aromatic carbocycles.